The molecule has 21 heavy (non-hydrogen) atoms. The number of carbonyl (C=O) groups excluding carboxylic acids is 1. The van der Waals surface area contributed by atoms with Crippen LogP contribution in [-0.4, -0.2) is 53.4 Å². The largest absolute Gasteiger partial charge is 0.481 e. The van der Waals surface area contributed by atoms with E-state index in [4.69, 9.17) is 5.11 Å². The number of amides is 2. The third kappa shape index (κ3) is 4.59. The van der Waals surface area contributed by atoms with E-state index in [1.165, 1.54) is 0 Å². The Morgan fingerprint density at radius 3 is 2.52 bits per heavy atom. The molecule has 0 radical (unpaired) electrons. The second-order valence-electron chi connectivity index (χ2n) is 5.92. The molecule has 0 aromatic heterocycles. The number of nitrogens with zero attached hydrogens (tertiary/aromatic N) is 1. The zero-order chi connectivity index (χ0) is 15.9. The molecule has 1 atom stereocenters. The predicted molar refractivity (Wildman–Crippen MR) is 80.0 cm³/mol. The topological polar surface area (TPSA) is 89.9 Å². The van der Waals surface area contributed by atoms with Crippen LogP contribution in [0.3, 0.4) is 0 Å². The summed E-state index contributed by atoms with van der Waals surface area (Å²) < 4.78 is 0. The van der Waals surface area contributed by atoms with Crippen molar-refractivity contribution in [1.82, 2.24) is 10.2 Å². The first-order valence-corrected chi connectivity index (χ1v) is 7.86. The van der Waals surface area contributed by atoms with Gasteiger partial charge in [-0.15, -0.1) is 0 Å². The zero-order valence-electron chi connectivity index (χ0n) is 13.1. The van der Waals surface area contributed by atoms with Gasteiger partial charge in [0.2, 0.25) is 0 Å². The first-order valence-electron chi connectivity index (χ1n) is 7.86. The van der Waals surface area contributed by atoms with E-state index in [-0.39, 0.29) is 19.2 Å². The molecule has 1 rings (SSSR count). The van der Waals surface area contributed by atoms with Crippen molar-refractivity contribution >= 4 is 12.0 Å². The molecule has 1 fully saturated rings. The Kier molecular flexibility index (Phi) is 6.95. The van der Waals surface area contributed by atoms with Gasteiger partial charge < -0.3 is 20.4 Å². The number of carboxylic acids is 1. The maximum absolute atomic E-state index is 12.2. The van der Waals surface area contributed by atoms with Crippen LogP contribution in [0.15, 0.2) is 0 Å². The molecule has 6 heteroatoms. The summed E-state index contributed by atoms with van der Waals surface area (Å²) in [5.74, 6) is -0.513. The van der Waals surface area contributed by atoms with Gasteiger partial charge >= 0.3 is 12.0 Å². The lowest BCUT2D eigenvalue weighted by atomic mass is 9.82. The van der Waals surface area contributed by atoms with Crippen molar-refractivity contribution in [2.75, 3.05) is 26.2 Å². The SMILES string of the molecule is CCC(CC)(CNC(=O)N1CCCC(CCO)C1)C(=O)O. The molecular formula is C15H28N2O4. The van der Waals surface area contributed by atoms with Crippen LogP contribution in [0.2, 0.25) is 0 Å². The fraction of sp³-hybridized carbons (Fsp3) is 0.867. The Hall–Kier alpha value is -1.30. The van der Waals surface area contributed by atoms with Gasteiger partial charge in [0.25, 0.3) is 0 Å². The maximum atomic E-state index is 12.2. The average molecular weight is 300 g/mol. The summed E-state index contributed by atoms with van der Waals surface area (Å²) in [5.41, 5.74) is -0.879. The summed E-state index contributed by atoms with van der Waals surface area (Å²) in [7, 11) is 0. The summed E-state index contributed by atoms with van der Waals surface area (Å²) in [4.78, 5) is 25.4. The Morgan fingerprint density at radius 1 is 1.33 bits per heavy atom. The molecule has 1 saturated heterocycles. The van der Waals surface area contributed by atoms with Gasteiger partial charge in [0.15, 0.2) is 0 Å². The standard InChI is InChI=1S/C15H28N2O4/c1-3-15(4-2,13(19)20)11-16-14(21)17-8-5-6-12(10-17)7-9-18/h12,18H,3-11H2,1-2H3,(H,16,21)(H,19,20). The number of hydrogen-bond acceptors (Lipinski definition) is 3. The molecule has 1 heterocycles. The predicted octanol–water partition coefficient (Wildman–Crippen LogP) is 1.68. The first-order chi connectivity index (χ1) is 9.99. The Bertz CT molecular complexity index is 354. The molecule has 0 aromatic carbocycles. The molecular weight excluding hydrogens is 272 g/mol. The van der Waals surface area contributed by atoms with E-state index in [1.807, 2.05) is 13.8 Å². The van der Waals surface area contributed by atoms with Crippen LogP contribution in [0.25, 0.3) is 0 Å². The van der Waals surface area contributed by atoms with Gasteiger partial charge in [-0.1, -0.05) is 13.8 Å². The van der Waals surface area contributed by atoms with E-state index in [0.717, 1.165) is 12.8 Å². The summed E-state index contributed by atoms with van der Waals surface area (Å²) in [6.45, 7) is 5.32. The highest BCUT2D eigenvalue weighted by atomic mass is 16.4. The normalized spacial score (nSPS) is 19.4. The Labute approximate surface area is 126 Å². The molecule has 6 nitrogen and oxygen atoms in total. The highest BCUT2D eigenvalue weighted by molar-refractivity contribution is 5.78. The lowest BCUT2D eigenvalue weighted by Gasteiger charge is -2.34. The summed E-state index contributed by atoms with van der Waals surface area (Å²) in [5, 5.41) is 21.1. The van der Waals surface area contributed by atoms with Crippen molar-refractivity contribution < 1.29 is 19.8 Å². The van der Waals surface area contributed by atoms with E-state index in [9.17, 15) is 14.7 Å². The minimum Gasteiger partial charge on any atom is -0.481 e. The first kappa shape index (κ1) is 17.8. The number of likely N-dealkylation sites (tertiary alicyclic amines) is 1. The molecule has 1 aliphatic rings. The summed E-state index contributed by atoms with van der Waals surface area (Å²) in [6.07, 6.45) is 3.67. The maximum Gasteiger partial charge on any atom is 0.317 e. The number of aliphatic hydroxyl groups is 1. The summed E-state index contributed by atoms with van der Waals surface area (Å²) >= 11 is 0. The highest BCUT2D eigenvalue weighted by Crippen LogP contribution is 2.26. The van der Waals surface area contributed by atoms with Crippen LogP contribution in [0.1, 0.15) is 46.0 Å². The second-order valence-corrected chi connectivity index (χ2v) is 5.92. The lowest BCUT2D eigenvalue weighted by molar-refractivity contribution is -0.149. The molecule has 1 aliphatic heterocycles. The van der Waals surface area contributed by atoms with Gasteiger partial charge in [-0.25, -0.2) is 4.79 Å². The van der Waals surface area contributed by atoms with E-state index >= 15 is 0 Å². The van der Waals surface area contributed by atoms with E-state index in [1.54, 1.807) is 4.90 Å². The molecule has 0 aromatic rings. The van der Waals surface area contributed by atoms with Gasteiger partial charge in [0, 0.05) is 26.2 Å². The number of aliphatic carboxylic acids is 1. The van der Waals surface area contributed by atoms with Gasteiger partial charge in [0.05, 0.1) is 5.41 Å². The molecule has 0 spiro atoms. The van der Waals surface area contributed by atoms with Gasteiger partial charge in [0.1, 0.15) is 0 Å². The van der Waals surface area contributed by atoms with Crippen molar-refractivity contribution in [2.45, 2.75) is 46.0 Å². The number of aliphatic hydroxyl groups excluding tert-OH is 1. The van der Waals surface area contributed by atoms with Gasteiger partial charge in [-0.05, 0) is 38.0 Å². The number of piperidine rings is 1. The zero-order valence-corrected chi connectivity index (χ0v) is 13.1. The molecule has 0 aliphatic carbocycles. The van der Waals surface area contributed by atoms with Crippen LogP contribution in [0.5, 0.6) is 0 Å². The van der Waals surface area contributed by atoms with E-state index < -0.39 is 11.4 Å². The van der Waals surface area contributed by atoms with E-state index in [2.05, 4.69) is 5.32 Å². The Balaban J connectivity index is 2.54. The average Bonchev–Trinajstić information content (AvgIpc) is 2.49. The minimum atomic E-state index is -0.879. The van der Waals surface area contributed by atoms with Crippen LogP contribution in [-0.2, 0) is 4.79 Å². The van der Waals surface area contributed by atoms with Gasteiger partial charge in [-0.3, -0.25) is 4.79 Å². The van der Waals surface area contributed by atoms with Crippen LogP contribution < -0.4 is 5.32 Å². The number of hydrogen-bond donors (Lipinski definition) is 3. The minimum absolute atomic E-state index is 0.147. The molecule has 0 saturated carbocycles. The molecule has 122 valence electrons. The quantitative estimate of drug-likeness (QED) is 0.667. The van der Waals surface area contributed by atoms with Crippen LogP contribution in [0, 0.1) is 11.3 Å². The smallest absolute Gasteiger partial charge is 0.317 e. The monoisotopic (exact) mass is 300 g/mol. The van der Waals surface area contributed by atoms with Crippen molar-refractivity contribution in [3.8, 4) is 0 Å². The number of carbonyl (C=O) groups is 2. The van der Waals surface area contributed by atoms with Gasteiger partial charge in [-0.2, -0.15) is 0 Å². The lowest BCUT2D eigenvalue weighted by Crippen LogP contribution is -2.50. The van der Waals surface area contributed by atoms with Crippen LogP contribution in [0.4, 0.5) is 4.79 Å². The fourth-order valence-electron chi connectivity index (χ4n) is 2.90. The van der Waals surface area contributed by atoms with Crippen molar-refractivity contribution in [3.63, 3.8) is 0 Å². The molecule has 1 unspecified atom stereocenters. The number of urea groups is 1. The van der Waals surface area contributed by atoms with Crippen LogP contribution >= 0.6 is 0 Å². The number of nitrogens with one attached hydrogen (secondary N) is 1. The highest BCUT2D eigenvalue weighted by Gasteiger charge is 2.35. The summed E-state index contributed by atoms with van der Waals surface area (Å²) in [6, 6.07) is -0.190. The fourth-order valence-corrected chi connectivity index (χ4v) is 2.90. The third-order valence-corrected chi connectivity index (χ3v) is 4.73. The molecule has 2 amide bonds. The van der Waals surface area contributed by atoms with Crippen molar-refractivity contribution in [2.24, 2.45) is 11.3 Å². The Morgan fingerprint density at radius 2 is 2.00 bits per heavy atom. The van der Waals surface area contributed by atoms with Crippen molar-refractivity contribution in [3.05, 3.63) is 0 Å². The number of carboxylic acid groups (broad SMARTS) is 1. The van der Waals surface area contributed by atoms with Crippen molar-refractivity contribution in [1.29, 1.82) is 0 Å². The molecule has 3 N–H and O–H groups in total. The molecule has 0 bridgehead atoms. The second kappa shape index (κ2) is 8.22. The number of rotatable bonds is 7. The third-order valence-electron chi connectivity index (χ3n) is 4.73. The van der Waals surface area contributed by atoms with E-state index in [0.29, 0.717) is 38.3 Å².